The lowest BCUT2D eigenvalue weighted by Gasteiger charge is -2.23. The van der Waals surface area contributed by atoms with Crippen molar-refractivity contribution in [3.63, 3.8) is 0 Å². The monoisotopic (exact) mass is 224 g/mol. The predicted molar refractivity (Wildman–Crippen MR) is 58.5 cm³/mol. The Bertz CT molecular complexity index is 132. The number of nitrogens with zero attached hydrogens (tertiary/aromatic N) is 1. The lowest BCUT2D eigenvalue weighted by atomic mass is 10.4. The van der Waals surface area contributed by atoms with E-state index in [0.29, 0.717) is 0 Å². The van der Waals surface area contributed by atoms with E-state index in [-0.39, 0.29) is 12.4 Å². The molecule has 0 atom stereocenters. The van der Waals surface area contributed by atoms with E-state index in [1.807, 2.05) is 12.3 Å². The Balaban J connectivity index is 0. The van der Waals surface area contributed by atoms with Crippen molar-refractivity contribution < 1.29 is 16.9 Å². The second-order valence-electron chi connectivity index (χ2n) is 3.91. The standard InChI is InChI=1S/C9H20N2S.ClH/c1-11(2,3)8-4-6-10-7-5-9-12;/h5,7,10H,4,6,8-9H2,1-3H3;1H. The Morgan fingerprint density at radius 2 is 1.92 bits per heavy atom. The zero-order chi connectivity index (χ0) is 9.45. The Morgan fingerprint density at radius 3 is 2.38 bits per heavy atom. The van der Waals surface area contributed by atoms with Crippen LogP contribution >= 0.6 is 12.6 Å². The van der Waals surface area contributed by atoms with Crippen LogP contribution in [-0.4, -0.2) is 44.5 Å². The number of hydrogen-bond donors (Lipinski definition) is 2. The summed E-state index contributed by atoms with van der Waals surface area (Å²) in [6.07, 6.45) is 5.19. The smallest absolute Gasteiger partial charge is 0.0797 e. The Morgan fingerprint density at radius 1 is 1.31 bits per heavy atom. The second kappa shape index (κ2) is 8.73. The van der Waals surface area contributed by atoms with Gasteiger partial charge in [-0.3, -0.25) is 0 Å². The van der Waals surface area contributed by atoms with E-state index in [4.69, 9.17) is 0 Å². The van der Waals surface area contributed by atoms with Gasteiger partial charge in [-0.05, 0) is 6.20 Å². The van der Waals surface area contributed by atoms with E-state index in [2.05, 4.69) is 39.1 Å². The lowest BCUT2D eigenvalue weighted by molar-refractivity contribution is -0.870. The van der Waals surface area contributed by atoms with E-state index in [1.165, 1.54) is 13.0 Å². The average molecular weight is 225 g/mol. The number of halogens is 1. The molecule has 0 unspecified atom stereocenters. The first-order valence-corrected chi connectivity index (χ1v) is 4.99. The quantitative estimate of drug-likeness (QED) is 0.306. The molecule has 0 aliphatic heterocycles. The minimum Gasteiger partial charge on any atom is -1.00 e. The van der Waals surface area contributed by atoms with Crippen LogP contribution in [0.2, 0.25) is 0 Å². The normalized spacial score (nSPS) is 11.4. The number of rotatable bonds is 6. The van der Waals surface area contributed by atoms with E-state index in [0.717, 1.165) is 16.8 Å². The summed E-state index contributed by atoms with van der Waals surface area (Å²) in [5.41, 5.74) is 0. The Kier molecular flexibility index (Phi) is 10.5. The van der Waals surface area contributed by atoms with E-state index in [1.54, 1.807) is 0 Å². The van der Waals surface area contributed by atoms with Gasteiger partial charge >= 0.3 is 0 Å². The Hall–Kier alpha value is 0.140. The molecule has 0 fully saturated rings. The van der Waals surface area contributed by atoms with Gasteiger partial charge in [-0.1, -0.05) is 6.08 Å². The van der Waals surface area contributed by atoms with Gasteiger partial charge in [0, 0.05) is 18.7 Å². The molecule has 0 spiro atoms. The summed E-state index contributed by atoms with van der Waals surface area (Å²) in [5, 5.41) is 3.22. The zero-order valence-corrected chi connectivity index (χ0v) is 10.4. The highest BCUT2D eigenvalue weighted by Gasteiger charge is 2.04. The minimum atomic E-state index is 0. The van der Waals surface area contributed by atoms with E-state index >= 15 is 0 Å². The summed E-state index contributed by atoms with van der Waals surface area (Å²) in [4.78, 5) is 0. The zero-order valence-electron chi connectivity index (χ0n) is 8.76. The fourth-order valence-electron chi connectivity index (χ4n) is 0.875. The average Bonchev–Trinajstić information content (AvgIpc) is 1.94. The fourth-order valence-corrected chi connectivity index (χ4v) is 0.980. The van der Waals surface area contributed by atoms with Gasteiger partial charge in [0.05, 0.1) is 27.7 Å². The van der Waals surface area contributed by atoms with Gasteiger partial charge in [0.2, 0.25) is 0 Å². The minimum absolute atomic E-state index is 0. The molecule has 0 heterocycles. The summed E-state index contributed by atoms with van der Waals surface area (Å²) < 4.78 is 1.04. The number of nitrogens with one attached hydrogen (secondary N) is 1. The van der Waals surface area contributed by atoms with Crippen molar-refractivity contribution in [2.75, 3.05) is 40.0 Å². The SMILES string of the molecule is C[N+](C)(C)CCCNC=CCS.[Cl-]. The van der Waals surface area contributed by atoms with Crippen LogP contribution in [0.15, 0.2) is 12.3 Å². The predicted octanol–water partition coefficient (Wildman–Crippen LogP) is -1.88. The van der Waals surface area contributed by atoms with Crippen LogP contribution in [0.4, 0.5) is 0 Å². The molecule has 4 heteroatoms. The number of hydrogen-bond acceptors (Lipinski definition) is 2. The molecule has 0 aliphatic carbocycles. The van der Waals surface area contributed by atoms with Gasteiger partial charge in [0.1, 0.15) is 0 Å². The third-order valence-corrected chi connectivity index (χ3v) is 1.70. The van der Waals surface area contributed by atoms with Crippen molar-refractivity contribution in [2.45, 2.75) is 6.42 Å². The van der Waals surface area contributed by atoms with E-state index < -0.39 is 0 Å². The highest BCUT2D eigenvalue weighted by molar-refractivity contribution is 7.80. The third-order valence-electron chi connectivity index (χ3n) is 1.49. The molecule has 0 aromatic carbocycles. The molecule has 0 aliphatic rings. The molecular weight excluding hydrogens is 204 g/mol. The molecule has 1 N–H and O–H groups in total. The summed E-state index contributed by atoms with van der Waals surface area (Å²) in [7, 11) is 6.64. The van der Waals surface area contributed by atoms with Crippen molar-refractivity contribution in [1.82, 2.24) is 5.32 Å². The topological polar surface area (TPSA) is 12.0 Å². The van der Waals surface area contributed by atoms with Gasteiger partial charge in [-0.2, -0.15) is 12.6 Å². The molecule has 0 rings (SSSR count). The maximum Gasteiger partial charge on any atom is 0.0797 e. The van der Waals surface area contributed by atoms with Gasteiger partial charge < -0.3 is 22.2 Å². The summed E-state index contributed by atoms with van der Waals surface area (Å²) in [6.45, 7) is 2.27. The molecule has 0 bridgehead atoms. The molecule has 0 aromatic heterocycles. The summed E-state index contributed by atoms with van der Waals surface area (Å²) in [6, 6.07) is 0. The molecule has 0 saturated carbocycles. The van der Waals surface area contributed by atoms with Gasteiger partial charge in [-0.25, -0.2) is 0 Å². The van der Waals surface area contributed by atoms with Crippen molar-refractivity contribution in [1.29, 1.82) is 0 Å². The van der Waals surface area contributed by atoms with Crippen LogP contribution in [0.5, 0.6) is 0 Å². The molecule has 0 amide bonds. The van der Waals surface area contributed by atoms with Crippen LogP contribution in [0.3, 0.4) is 0 Å². The highest BCUT2D eigenvalue weighted by Crippen LogP contribution is 1.91. The van der Waals surface area contributed by atoms with Crippen LogP contribution < -0.4 is 17.7 Å². The van der Waals surface area contributed by atoms with Crippen LogP contribution in [0, 0.1) is 0 Å². The first-order valence-electron chi connectivity index (χ1n) is 4.36. The van der Waals surface area contributed by atoms with E-state index in [9.17, 15) is 0 Å². The fraction of sp³-hybridized carbons (Fsp3) is 0.778. The molecule has 80 valence electrons. The maximum absolute atomic E-state index is 4.06. The van der Waals surface area contributed by atoms with Crippen molar-refractivity contribution in [2.24, 2.45) is 0 Å². The molecule has 0 saturated heterocycles. The Labute approximate surface area is 93.8 Å². The maximum atomic E-state index is 4.06. The molecule has 0 aromatic rings. The summed E-state index contributed by atoms with van der Waals surface area (Å²) in [5.74, 6) is 0.808. The first kappa shape index (κ1) is 15.6. The third kappa shape index (κ3) is 14.9. The van der Waals surface area contributed by atoms with Crippen LogP contribution in [0.25, 0.3) is 0 Å². The van der Waals surface area contributed by atoms with Crippen LogP contribution in [0.1, 0.15) is 6.42 Å². The molecule has 0 radical (unpaired) electrons. The van der Waals surface area contributed by atoms with Gasteiger partial charge in [0.25, 0.3) is 0 Å². The molecular formula is C9H21ClN2S. The lowest BCUT2D eigenvalue weighted by Crippen LogP contribution is -3.00. The highest BCUT2D eigenvalue weighted by atomic mass is 35.5. The first-order chi connectivity index (χ1) is 5.56. The van der Waals surface area contributed by atoms with Crippen molar-refractivity contribution in [3.8, 4) is 0 Å². The van der Waals surface area contributed by atoms with Crippen molar-refractivity contribution >= 4 is 12.6 Å². The van der Waals surface area contributed by atoms with Crippen molar-refractivity contribution in [3.05, 3.63) is 12.3 Å². The second-order valence-corrected chi connectivity index (χ2v) is 4.27. The molecule has 2 nitrogen and oxygen atoms in total. The van der Waals surface area contributed by atoms with Crippen LogP contribution in [-0.2, 0) is 0 Å². The van der Waals surface area contributed by atoms with Gasteiger partial charge in [-0.15, -0.1) is 0 Å². The van der Waals surface area contributed by atoms with Gasteiger partial charge in [0.15, 0.2) is 0 Å². The largest absolute Gasteiger partial charge is 1.00 e. The summed E-state index contributed by atoms with van der Waals surface area (Å²) >= 11 is 4.06. The molecule has 13 heavy (non-hydrogen) atoms. The number of quaternary nitrogens is 1. The number of thiol groups is 1.